The molecular weight excluding hydrogens is 214 g/mol. The lowest BCUT2D eigenvalue weighted by molar-refractivity contribution is 0.106. The molecule has 1 unspecified atom stereocenters. The van der Waals surface area contributed by atoms with E-state index in [9.17, 15) is 5.11 Å². The van der Waals surface area contributed by atoms with Gasteiger partial charge in [-0.3, -0.25) is 0 Å². The van der Waals surface area contributed by atoms with E-state index in [1.807, 2.05) is 12.1 Å². The Bertz CT molecular complexity index is 333. The highest BCUT2D eigenvalue weighted by Crippen LogP contribution is 2.18. The zero-order chi connectivity index (χ0) is 12.1. The summed E-state index contributed by atoms with van der Waals surface area (Å²) in [7, 11) is 0. The Morgan fingerprint density at radius 1 is 1.35 bits per heavy atom. The minimum atomic E-state index is -0.429. The Balaban J connectivity index is 1.68. The second-order valence-electron chi connectivity index (χ2n) is 4.64. The normalized spacial score (nSPS) is 16.8. The molecule has 17 heavy (non-hydrogen) atoms. The largest absolute Gasteiger partial charge is 0.491 e. The smallest absolute Gasteiger partial charge is 0.119 e. The van der Waals surface area contributed by atoms with Crippen LogP contribution in [0.4, 0.5) is 0 Å². The number of hydrogen-bond donors (Lipinski definition) is 2. The molecule has 1 atom stereocenters. The zero-order valence-corrected chi connectivity index (χ0v) is 10.4. The molecule has 0 bridgehead atoms. The molecule has 1 aromatic rings. The first-order valence-corrected chi connectivity index (χ1v) is 6.41. The summed E-state index contributed by atoms with van der Waals surface area (Å²) in [6.07, 6.45) is 3.09. The van der Waals surface area contributed by atoms with Gasteiger partial charge in [-0.1, -0.05) is 19.1 Å². The van der Waals surface area contributed by atoms with Crippen molar-refractivity contribution in [1.29, 1.82) is 0 Å². The minimum absolute atomic E-state index is 0.352. The Labute approximate surface area is 103 Å². The molecule has 0 spiro atoms. The molecule has 0 saturated heterocycles. The Hall–Kier alpha value is -1.06. The average Bonchev–Trinajstić information content (AvgIpc) is 3.18. The molecule has 1 fully saturated rings. The van der Waals surface area contributed by atoms with Gasteiger partial charge >= 0.3 is 0 Å². The first-order chi connectivity index (χ1) is 8.28. The second kappa shape index (κ2) is 6.03. The SMILES string of the molecule is CCc1ccc(OCC(O)CNC2CC2)cc1. The molecule has 0 radical (unpaired) electrons. The second-order valence-corrected chi connectivity index (χ2v) is 4.64. The third kappa shape index (κ3) is 4.36. The Morgan fingerprint density at radius 2 is 2.06 bits per heavy atom. The molecule has 0 aliphatic heterocycles. The fraction of sp³-hybridized carbons (Fsp3) is 0.571. The van der Waals surface area contributed by atoms with Gasteiger partial charge in [0.15, 0.2) is 0 Å². The van der Waals surface area contributed by atoms with Gasteiger partial charge in [-0.05, 0) is 37.0 Å². The van der Waals surface area contributed by atoms with E-state index < -0.39 is 6.10 Å². The molecule has 0 amide bonds. The number of ether oxygens (including phenoxy) is 1. The Morgan fingerprint density at radius 3 is 2.65 bits per heavy atom. The molecule has 3 heteroatoms. The number of aliphatic hydroxyl groups is 1. The number of benzene rings is 1. The zero-order valence-electron chi connectivity index (χ0n) is 10.4. The van der Waals surface area contributed by atoms with Crippen LogP contribution < -0.4 is 10.1 Å². The van der Waals surface area contributed by atoms with Gasteiger partial charge in [-0.15, -0.1) is 0 Å². The molecule has 1 aromatic carbocycles. The predicted molar refractivity (Wildman–Crippen MR) is 68.3 cm³/mol. The maximum absolute atomic E-state index is 9.70. The first-order valence-electron chi connectivity index (χ1n) is 6.41. The highest BCUT2D eigenvalue weighted by Gasteiger charge is 2.21. The fourth-order valence-corrected chi connectivity index (χ4v) is 1.66. The monoisotopic (exact) mass is 235 g/mol. The summed E-state index contributed by atoms with van der Waals surface area (Å²) in [5, 5.41) is 13.0. The van der Waals surface area contributed by atoms with Crippen molar-refractivity contribution < 1.29 is 9.84 Å². The van der Waals surface area contributed by atoms with E-state index in [2.05, 4.69) is 24.4 Å². The van der Waals surface area contributed by atoms with Gasteiger partial charge in [0, 0.05) is 12.6 Å². The summed E-state index contributed by atoms with van der Waals surface area (Å²) < 4.78 is 5.53. The van der Waals surface area contributed by atoms with E-state index in [1.54, 1.807) is 0 Å². The minimum Gasteiger partial charge on any atom is -0.491 e. The Kier molecular flexibility index (Phi) is 4.40. The average molecular weight is 235 g/mol. The third-order valence-corrected chi connectivity index (χ3v) is 2.99. The van der Waals surface area contributed by atoms with E-state index in [-0.39, 0.29) is 0 Å². The number of aliphatic hydroxyl groups excluding tert-OH is 1. The summed E-state index contributed by atoms with van der Waals surface area (Å²) >= 11 is 0. The highest BCUT2D eigenvalue weighted by atomic mass is 16.5. The maximum Gasteiger partial charge on any atom is 0.119 e. The van der Waals surface area contributed by atoms with E-state index in [0.717, 1.165) is 12.2 Å². The molecule has 1 aliphatic carbocycles. The number of aryl methyl sites for hydroxylation is 1. The third-order valence-electron chi connectivity index (χ3n) is 2.99. The topological polar surface area (TPSA) is 41.5 Å². The summed E-state index contributed by atoms with van der Waals surface area (Å²) in [6.45, 7) is 3.10. The van der Waals surface area contributed by atoms with E-state index in [4.69, 9.17) is 4.74 Å². The molecule has 3 nitrogen and oxygen atoms in total. The predicted octanol–water partition coefficient (Wildman–Crippen LogP) is 1.74. The fourth-order valence-electron chi connectivity index (χ4n) is 1.66. The summed E-state index contributed by atoms with van der Waals surface area (Å²) in [5.41, 5.74) is 1.30. The molecule has 0 heterocycles. The van der Waals surface area contributed by atoms with Crippen molar-refractivity contribution in [3.8, 4) is 5.75 Å². The van der Waals surface area contributed by atoms with Crippen LogP contribution in [0.15, 0.2) is 24.3 Å². The van der Waals surface area contributed by atoms with Gasteiger partial charge in [0.2, 0.25) is 0 Å². The van der Waals surface area contributed by atoms with Crippen molar-refractivity contribution in [2.75, 3.05) is 13.2 Å². The van der Waals surface area contributed by atoms with Crippen LogP contribution in [0, 0.1) is 0 Å². The van der Waals surface area contributed by atoms with Crippen molar-refractivity contribution in [1.82, 2.24) is 5.32 Å². The van der Waals surface area contributed by atoms with Crippen LogP contribution in [0.25, 0.3) is 0 Å². The maximum atomic E-state index is 9.70. The van der Waals surface area contributed by atoms with E-state index in [1.165, 1.54) is 18.4 Å². The van der Waals surface area contributed by atoms with E-state index >= 15 is 0 Å². The van der Waals surface area contributed by atoms with Gasteiger partial charge in [0.25, 0.3) is 0 Å². The molecule has 1 aliphatic rings. The van der Waals surface area contributed by atoms with Crippen molar-refractivity contribution >= 4 is 0 Å². The van der Waals surface area contributed by atoms with Gasteiger partial charge in [0.1, 0.15) is 18.5 Å². The van der Waals surface area contributed by atoms with Crippen molar-refractivity contribution in [2.24, 2.45) is 0 Å². The van der Waals surface area contributed by atoms with Gasteiger partial charge < -0.3 is 15.2 Å². The number of rotatable bonds is 7. The van der Waals surface area contributed by atoms with Crippen molar-refractivity contribution in [3.05, 3.63) is 29.8 Å². The van der Waals surface area contributed by atoms with Crippen LogP contribution in [0.3, 0.4) is 0 Å². The molecule has 1 saturated carbocycles. The lowest BCUT2D eigenvalue weighted by Gasteiger charge is -2.13. The quantitative estimate of drug-likeness (QED) is 0.756. The molecular formula is C14H21NO2. The van der Waals surface area contributed by atoms with Crippen LogP contribution in [-0.4, -0.2) is 30.4 Å². The molecule has 2 N–H and O–H groups in total. The summed E-state index contributed by atoms with van der Waals surface area (Å²) in [4.78, 5) is 0. The van der Waals surface area contributed by atoms with E-state index in [0.29, 0.717) is 19.2 Å². The molecule has 2 rings (SSSR count). The number of nitrogens with one attached hydrogen (secondary N) is 1. The molecule has 94 valence electrons. The van der Waals surface area contributed by atoms with Crippen LogP contribution in [0.5, 0.6) is 5.75 Å². The number of hydrogen-bond acceptors (Lipinski definition) is 3. The standard InChI is InChI=1S/C14H21NO2/c1-2-11-3-7-14(8-4-11)17-10-13(16)9-15-12-5-6-12/h3-4,7-8,12-13,15-16H,2,5-6,9-10H2,1H3. The highest BCUT2D eigenvalue weighted by molar-refractivity contribution is 5.27. The summed E-state index contributed by atoms with van der Waals surface area (Å²) in [5.74, 6) is 0.827. The van der Waals surface area contributed by atoms with Crippen LogP contribution in [0.2, 0.25) is 0 Å². The lowest BCUT2D eigenvalue weighted by Crippen LogP contribution is -2.32. The van der Waals surface area contributed by atoms with Crippen molar-refractivity contribution in [2.45, 2.75) is 38.3 Å². The first kappa shape index (κ1) is 12.4. The van der Waals surface area contributed by atoms with Crippen LogP contribution in [-0.2, 0) is 6.42 Å². The van der Waals surface area contributed by atoms with Crippen LogP contribution in [0.1, 0.15) is 25.3 Å². The van der Waals surface area contributed by atoms with Gasteiger partial charge in [-0.25, -0.2) is 0 Å². The van der Waals surface area contributed by atoms with Gasteiger partial charge in [0.05, 0.1) is 0 Å². The molecule has 0 aromatic heterocycles. The van der Waals surface area contributed by atoms with Crippen LogP contribution >= 0.6 is 0 Å². The summed E-state index contributed by atoms with van der Waals surface area (Å²) in [6, 6.07) is 8.67. The lowest BCUT2D eigenvalue weighted by atomic mass is 10.2. The van der Waals surface area contributed by atoms with Crippen molar-refractivity contribution in [3.63, 3.8) is 0 Å². The van der Waals surface area contributed by atoms with Gasteiger partial charge in [-0.2, -0.15) is 0 Å².